The molecule has 0 bridgehead atoms. The van der Waals surface area contributed by atoms with Crippen LogP contribution in [0.25, 0.3) is 60.5 Å². The molecule has 0 spiro atoms. The van der Waals surface area contributed by atoms with Gasteiger partial charge in [-0.3, -0.25) is 0 Å². The first-order valence-electron chi connectivity index (χ1n) is 12.4. The van der Waals surface area contributed by atoms with Gasteiger partial charge in [0.05, 0.1) is 28.4 Å². The zero-order valence-electron chi connectivity index (χ0n) is 20.1. The van der Waals surface area contributed by atoms with Crippen molar-refractivity contribution in [2.24, 2.45) is 0 Å². The Balaban J connectivity index is 1.60. The quantitative estimate of drug-likeness (QED) is 0.253. The molecule has 0 N–H and O–H groups in total. The minimum atomic E-state index is 0.685. The Morgan fingerprint density at radius 1 is 0.486 bits per heavy atom. The van der Waals surface area contributed by atoms with Crippen molar-refractivity contribution in [3.05, 3.63) is 139 Å². The fourth-order valence-electron chi connectivity index (χ4n) is 5.50. The molecule has 0 saturated carbocycles. The molecule has 7 rings (SSSR count). The number of hydrogen-bond donors (Lipinski definition) is 0. The van der Waals surface area contributed by atoms with Crippen LogP contribution in [0.3, 0.4) is 0 Å². The van der Waals surface area contributed by atoms with Crippen LogP contribution >= 0.6 is 0 Å². The van der Waals surface area contributed by atoms with Crippen molar-refractivity contribution in [2.75, 3.05) is 0 Å². The molecule has 0 unspecified atom stereocenters. The summed E-state index contributed by atoms with van der Waals surface area (Å²) in [4.78, 5) is 0. The molecule has 1 aromatic heterocycles. The second kappa shape index (κ2) is 8.52. The van der Waals surface area contributed by atoms with Crippen LogP contribution in [0.1, 0.15) is 5.56 Å². The lowest BCUT2D eigenvalue weighted by Crippen LogP contribution is -1.97. The van der Waals surface area contributed by atoms with Gasteiger partial charge in [0.1, 0.15) is 0 Å². The van der Waals surface area contributed by atoms with Crippen molar-refractivity contribution in [1.29, 1.82) is 5.26 Å². The van der Waals surface area contributed by atoms with E-state index in [1.54, 1.807) is 0 Å². The molecule has 172 valence electrons. The minimum Gasteiger partial charge on any atom is -0.309 e. The fraction of sp³-hybridized carbons (Fsp3) is 0. The molecular weight excluding hydrogens is 448 g/mol. The average Bonchev–Trinajstić information content (AvgIpc) is 3.30. The number of nitrogens with zero attached hydrogens (tertiary/aromatic N) is 2. The summed E-state index contributed by atoms with van der Waals surface area (Å²) in [5.74, 6) is 0. The highest BCUT2D eigenvalue weighted by Gasteiger charge is 2.17. The van der Waals surface area contributed by atoms with E-state index in [0.29, 0.717) is 5.56 Å². The van der Waals surface area contributed by atoms with Crippen molar-refractivity contribution in [3.63, 3.8) is 0 Å². The van der Waals surface area contributed by atoms with E-state index in [1.807, 2.05) is 24.3 Å². The maximum atomic E-state index is 9.95. The number of hydrogen-bond acceptors (Lipinski definition) is 1. The molecule has 37 heavy (non-hydrogen) atoms. The van der Waals surface area contributed by atoms with Gasteiger partial charge in [-0.25, -0.2) is 0 Å². The predicted octanol–water partition coefficient (Wildman–Crippen LogP) is 9.14. The van der Waals surface area contributed by atoms with Gasteiger partial charge in [0.25, 0.3) is 0 Å². The van der Waals surface area contributed by atoms with E-state index in [9.17, 15) is 5.26 Å². The van der Waals surface area contributed by atoms with Crippen molar-refractivity contribution in [3.8, 4) is 34.0 Å². The smallest absolute Gasteiger partial charge is 0.0998 e. The van der Waals surface area contributed by atoms with E-state index in [1.165, 1.54) is 33.0 Å². The Morgan fingerprint density at radius 2 is 1.03 bits per heavy atom. The molecular formula is C35H22N2. The summed E-state index contributed by atoms with van der Waals surface area (Å²) in [5, 5.41) is 14.4. The molecule has 0 saturated heterocycles. The van der Waals surface area contributed by atoms with Gasteiger partial charge in [0, 0.05) is 16.2 Å². The van der Waals surface area contributed by atoms with Crippen LogP contribution in [0.15, 0.2) is 133 Å². The minimum absolute atomic E-state index is 0.685. The molecule has 0 amide bonds. The molecule has 1 heterocycles. The lowest BCUT2D eigenvalue weighted by atomic mass is 10.0. The Kier molecular flexibility index (Phi) is 4.87. The highest BCUT2D eigenvalue weighted by Crippen LogP contribution is 2.39. The Morgan fingerprint density at radius 3 is 1.57 bits per heavy atom. The van der Waals surface area contributed by atoms with Gasteiger partial charge in [-0.2, -0.15) is 5.26 Å². The van der Waals surface area contributed by atoms with Gasteiger partial charge < -0.3 is 4.57 Å². The molecule has 0 aliphatic heterocycles. The normalized spacial score (nSPS) is 11.2. The molecule has 2 heteroatoms. The van der Waals surface area contributed by atoms with Crippen LogP contribution in [-0.4, -0.2) is 4.57 Å². The average molecular weight is 471 g/mol. The third kappa shape index (κ3) is 3.41. The van der Waals surface area contributed by atoms with Gasteiger partial charge in [0.2, 0.25) is 0 Å². The van der Waals surface area contributed by atoms with E-state index in [-0.39, 0.29) is 0 Å². The molecule has 0 aliphatic rings. The Hall–Kier alpha value is -5.13. The van der Waals surface area contributed by atoms with Crippen molar-refractivity contribution in [1.82, 2.24) is 4.57 Å². The lowest BCUT2D eigenvalue weighted by molar-refractivity contribution is 1.20. The first kappa shape index (κ1) is 21.2. The summed E-state index contributed by atoms with van der Waals surface area (Å²) < 4.78 is 2.32. The summed E-state index contributed by atoms with van der Waals surface area (Å²) >= 11 is 0. The van der Waals surface area contributed by atoms with Crippen LogP contribution in [0.5, 0.6) is 0 Å². The first-order valence-corrected chi connectivity index (χ1v) is 12.4. The van der Waals surface area contributed by atoms with Crippen molar-refractivity contribution < 1.29 is 0 Å². The summed E-state index contributed by atoms with van der Waals surface area (Å²) in [7, 11) is 0. The molecule has 0 radical (unpaired) electrons. The third-order valence-corrected chi connectivity index (χ3v) is 7.22. The van der Waals surface area contributed by atoms with Crippen LogP contribution in [-0.2, 0) is 0 Å². The standard InChI is InChI=1S/C35H22N2/c36-23-29-15-7-13-26-14-8-16-34(35(26)29)37-32-19-17-27(24-9-3-1-4-10-24)21-30(32)31-22-28(18-20-33(31)37)25-11-5-2-6-12-25/h1-22H. The van der Waals surface area contributed by atoms with Crippen LogP contribution in [0, 0.1) is 11.3 Å². The van der Waals surface area contributed by atoms with Gasteiger partial charge >= 0.3 is 0 Å². The maximum Gasteiger partial charge on any atom is 0.0998 e. The lowest BCUT2D eigenvalue weighted by Gasteiger charge is -2.13. The van der Waals surface area contributed by atoms with Crippen molar-refractivity contribution >= 4 is 32.6 Å². The summed E-state index contributed by atoms with van der Waals surface area (Å²) in [6, 6.07) is 49.1. The van der Waals surface area contributed by atoms with Crippen molar-refractivity contribution in [2.45, 2.75) is 0 Å². The molecule has 0 fully saturated rings. The maximum absolute atomic E-state index is 9.95. The monoisotopic (exact) mass is 470 g/mol. The van der Waals surface area contributed by atoms with E-state index in [4.69, 9.17) is 0 Å². The fourth-order valence-corrected chi connectivity index (χ4v) is 5.50. The SMILES string of the molecule is N#Cc1cccc2cccc(-n3c4ccc(-c5ccccc5)cc4c4cc(-c5ccccc5)ccc43)c12. The van der Waals surface area contributed by atoms with E-state index in [0.717, 1.165) is 27.5 Å². The largest absolute Gasteiger partial charge is 0.309 e. The Labute approximate surface area is 215 Å². The zero-order chi connectivity index (χ0) is 24.8. The second-order valence-corrected chi connectivity index (χ2v) is 9.32. The van der Waals surface area contributed by atoms with Gasteiger partial charge in [-0.1, -0.05) is 97.1 Å². The van der Waals surface area contributed by atoms with Gasteiger partial charge in [0.15, 0.2) is 0 Å². The third-order valence-electron chi connectivity index (χ3n) is 7.22. The first-order chi connectivity index (χ1) is 18.3. The zero-order valence-corrected chi connectivity index (χ0v) is 20.1. The number of fused-ring (bicyclic) bond motifs is 4. The van der Waals surface area contributed by atoms with Crippen LogP contribution in [0.2, 0.25) is 0 Å². The molecule has 6 aromatic carbocycles. The van der Waals surface area contributed by atoms with E-state index < -0.39 is 0 Å². The summed E-state index contributed by atoms with van der Waals surface area (Å²) in [6.07, 6.45) is 0. The highest BCUT2D eigenvalue weighted by molar-refractivity contribution is 6.13. The molecule has 0 atom stereocenters. The van der Waals surface area contributed by atoms with Gasteiger partial charge in [-0.15, -0.1) is 0 Å². The topological polar surface area (TPSA) is 28.7 Å². The molecule has 0 aliphatic carbocycles. The number of benzene rings is 6. The van der Waals surface area contributed by atoms with Crippen LogP contribution in [0.4, 0.5) is 0 Å². The highest BCUT2D eigenvalue weighted by atomic mass is 15.0. The van der Waals surface area contributed by atoms with Crippen LogP contribution < -0.4 is 0 Å². The molecule has 7 aromatic rings. The van der Waals surface area contributed by atoms with E-state index in [2.05, 4.69) is 120 Å². The number of nitriles is 1. The predicted molar refractivity (Wildman–Crippen MR) is 154 cm³/mol. The number of rotatable bonds is 3. The molecule has 2 nitrogen and oxygen atoms in total. The summed E-state index contributed by atoms with van der Waals surface area (Å²) in [5.41, 5.74) is 8.73. The van der Waals surface area contributed by atoms with E-state index >= 15 is 0 Å². The summed E-state index contributed by atoms with van der Waals surface area (Å²) in [6.45, 7) is 0. The van der Waals surface area contributed by atoms with Gasteiger partial charge in [-0.05, 0) is 64.0 Å². The number of aromatic nitrogens is 1. The Bertz CT molecular complexity index is 1870. The second-order valence-electron chi connectivity index (χ2n) is 9.32.